The molecule has 2 aliphatic carbocycles. The summed E-state index contributed by atoms with van der Waals surface area (Å²) in [4.78, 5) is 13.2. The van der Waals surface area contributed by atoms with Crippen molar-refractivity contribution in [1.82, 2.24) is 19.5 Å². The zero-order valence-electron chi connectivity index (χ0n) is 19.4. The van der Waals surface area contributed by atoms with Gasteiger partial charge in [0.05, 0.1) is 23.0 Å². The molecule has 3 aromatic heterocycles. The number of fused-ring (bicyclic) bond motifs is 3. The van der Waals surface area contributed by atoms with Crippen LogP contribution in [0.3, 0.4) is 0 Å². The first-order valence-electron chi connectivity index (χ1n) is 12.0. The molecule has 2 saturated carbocycles. The smallest absolute Gasteiger partial charge is 0.145 e. The van der Waals surface area contributed by atoms with Gasteiger partial charge < -0.3 is 25.8 Å². The Labute approximate surface area is 197 Å². The second kappa shape index (κ2) is 7.65. The van der Waals surface area contributed by atoms with Crippen LogP contribution in [0.25, 0.3) is 21.9 Å². The van der Waals surface area contributed by atoms with Gasteiger partial charge >= 0.3 is 0 Å². The highest BCUT2D eigenvalue weighted by Crippen LogP contribution is 2.69. The molecule has 8 heteroatoms. The van der Waals surface area contributed by atoms with E-state index in [-0.39, 0.29) is 17.4 Å². The van der Waals surface area contributed by atoms with Crippen molar-refractivity contribution in [2.75, 3.05) is 11.1 Å². The van der Waals surface area contributed by atoms with Gasteiger partial charge in [-0.1, -0.05) is 12.1 Å². The van der Waals surface area contributed by atoms with Gasteiger partial charge in [0.2, 0.25) is 0 Å². The molecule has 0 amide bonds. The molecular weight excluding hydrogens is 428 g/mol. The Morgan fingerprint density at radius 3 is 2.82 bits per heavy atom. The highest BCUT2D eigenvalue weighted by molar-refractivity contribution is 5.86. The molecule has 176 valence electrons. The second-order valence-corrected chi connectivity index (χ2v) is 10.2. The monoisotopic (exact) mass is 458 g/mol. The van der Waals surface area contributed by atoms with Gasteiger partial charge in [0.1, 0.15) is 29.7 Å². The van der Waals surface area contributed by atoms with Crippen molar-refractivity contribution in [3.05, 3.63) is 54.5 Å². The first-order chi connectivity index (χ1) is 16.4. The molecule has 0 unspecified atom stereocenters. The minimum Gasteiger partial charge on any atom is -0.390 e. The van der Waals surface area contributed by atoms with Crippen molar-refractivity contribution in [3.63, 3.8) is 0 Å². The largest absolute Gasteiger partial charge is 0.390 e. The van der Waals surface area contributed by atoms with Gasteiger partial charge in [-0.25, -0.2) is 15.0 Å². The fourth-order valence-corrected chi connectivity index (χ4v) is 6.01. The highest BCUT2D eigenvalue weighted by atomic mass is 16.3. The average molecular weight is 459 g/mol. The molecule has 0 radical (unpaired) electrons. The Morgan fingerprint density at radius 1 is 1.18 bits per heavy atom. The molecule has 2 fully saturated rings. The summed E-state index contributed by atoms with van der Waals surface area (Å²) in [6.45, 7) is 4.20. The number of aliphatic hydroxyl groups excluding tert-OH is 2. The Morgan fingerprint density at radius 2 is 2.00 bits per heavy atom. The molecule has 2 aliphatic rings. The van der Waals surface area contributed by atoms with E-state index >= 15 is 0 Å². The lowest BCUT2D eigenvalue weighted by atomic mass is 9.91. The number of aliphatic hydroxyl groups is 2. The first-order valence-corrected chi connectivity index (χ1v) is 12.0. The number of hydrogen-bond donors (Lipinski definition) is 4. The average Bonchev–Trinajstić information content (AvgIpc) is 3.30. The summed E-state index contributed by atoms with van der Waals surface area (Å²) in [6, 6.07) is 12.5. The van der Waals surface area contributed by atoms with E-state index in [9.17, 15) is 10.2 Å². The summed E-state index contributed by atoms with van der Waals surface area (Å²) >= 11 is 0. The maximum absolute atomic E-state index is 11.1. The van der Waals surface area contributed by atoms with Crippen LogP contribution >= 0.6 is 0 Å². The third-order valence-electron chi connectivity index (χ3n) is 7.79. The van der Waals surface area contributed by atoms with Crippen LogP contribution in [0.5, 0.6) is 0 Å². The Balaban J connectivity index is 1.23. The summed E-state index contributed by atoms with van der Waals surface area (Å²) in [6.07, 6.45) is 4.29. The SMILES string of the molecule is CC(C)Nc1ccc2ccc(CC[C@@]34C[C@@H]3[C@@H](n3ccc5c(N)ncnc53)[C@H](O)[C@@H]4O)cc2n1. The zero-order chi connectivity index (χ0) is 23.6. The predicted octanol–water partition coefficient (Wildman–Crippen LogP) is 3.30. The lowest BCUT2D eigenvalue weighted by Crippen LogP contribution is -2.34. The molecule has 3 heterocycles. The van der Waals surface area contributed by atoms with Crippen LogP contribution in [0.1, 0.15) is 38.3 Å². The van der Waals surface area contributed by atoms with Crippen molar-refractivity contribution < 1.29 is 10.2 Å². The molecule has 5 N–H and O–H groups in total. The van der Waals surface area contributed by atoms with Crippen LogP contribution < -0.4 is 11.1 Å². The molecule has 5 atom stereocenters. The van der Waals surface area contributed by atoms with Crippen LogP contribution in [0.4, 0.5) is 11.6 Å². The summed E-state index contributed by atoms with van der Waals surface area (Å²) in [5.74, 6) is 1.50. The van der Waals surface area contributed by atoms with Gasteiger partial charge in [-0.2, -0.15) is 0 Å². The fourth-order valence-electron chi connectivity index (χ4n) is 6.01. The van der Waals surface area contributed by atoms with Gasteiger partial charge in [-0.3, -0.25) is 0 Å². The van der Waals surface area contributed by atoms with E-state index in [0.717, 1.165) is 41.4 Å². The summed E-state index contributed by atoms with van der Waals surface area (Å²) in [5, 5.41) is 27.3. The fraction of sp³-hybridized carbons (Fsp3) is 0.423. The molecule has 0 spiro atoms. The number of nitrogens with one attached hydrogen (secondary N) is 1. The Kier molecular flexibility index (Phi) is 4.79. The minimum absolute atomic E-state index is 0.199. The number of nitrogens with zero attached hydrogens (tertiary/aromatic N) is 4. The number of anilines is 2. The lowest BCUT2D eigenvalue weighted by Gasteiger charge is -2.24. The van der Waals surface area contributed by atoms with E-state index in [1.165, 1.54) is 11.9 Å². The molecule has 8 nitrogen and oxygen atoms in total. The summed E-state index contributed by atoms with van der Waals surface area (Å²) < 4.78 is 1.98. The van der Waals surface area contributed by atoms with E-state index in [0.29, 0.717) is 17.5 Å². The summed E-state index contributed by atoms with van der Waals surface area (Å²) in [7, 11) is 0. The van der Waals surface area contributed by atoms with Crippen molar-refractivity contribution in [3.8, 4) is 0 Å². The number of aryl methyl sites for hydroxylation is 1. The Hall–Kier alpha value is -3.23. The number of nitrogens with two attached hydrogens (primary N) is 1. The molecule has 6 rings (SSSR count). The highest BCUT2D eigenvalue weighted by Gasteiger charge is 2.70. The van der Waals surface area contributed by atoms with E-state index in [1.807, 2.05) is 22.9 Å². The van der Waals surface area contributed by atoms with Gasteiger partial charge in [0, 0.05) is 23.0 Å². The second-order valence-electron chi connectivity index (χ2n) is 10.2. The van der Waals surface area contributed by atoms with Crippen molar-refractivity contribution in [2.45, 2.75) is 57.4 Å². The van der Waals surface area contributed by atoms with Crippen molar-refractivity contribution in [1.29, 1.82) is 0 Å². The van der Waals surface area contributed by atoms with E-state index < -0.39 is 12.2 Å². The van der Waals surface area contributed by atoms with Crippen LogP contribution in [0.15, 0.2) is 48.9 Å². The molecule has 0 saturated heterocycles. The number of nitrogen functional groups attached to an aromatic ring is 1. The zero-order valence-corrected chi connectivity index (χ0v) is 19.4. The van der Waals surface area contributed by atoms with Crippen LogP contribution in [-0.4, -0.2) is 48.0 Å². The van der Waals surface area contributed by atoms with Crippen molar-refractivity contribution >= 4 is 33.6 Å². The summed E-state index contributed by atoms with van der Waals surface area (Å²) in [5.41, 5.74) is 8.59. The van der Waals surface area contributed by atoms with Gasteiger partial charge in [-0.05, 0) is 68.9 Å². The number of hydrogen-bond acceptors (Lipinski definition) is 7. The minimum atomic E-state index is -0.839. The lowest BCUT2D eigenvalue weighted by molar-refractivity contribution is -0.0191. The predicted molar refractivity (Wildman–Crippen MR) is 132 cm³/mol. The van der Waals surface area contributed by atoms with Crippen molar-refractivity contribution in [2.24, 2.45) is 11.3 Å². The maximum Gasteiger partial charge on any atom is 0.145 e. The normalized spacial score (nSPS) is 28.0. The van der Waals surface area contributed by atoms with E-state index in [2.05, 4.69) is 53.4 Å². The molecular formula is C26H30N6O2. The molecule has 1 aromatic carbocycles. The quantitative estimate of drug-likeness (QED) is 0.350. The van der Waals surface area contributed by atoms with Gasteiger partial charge in [-0.15, -0.1) is 0 Å². The Bertz CT molecular complexity index is 1380. The third kappa shape index (κ3) is 3.24. The van der Waals surface area contributed by atoms with Crippen LogP contribution in [0, 0.1) is 11.3 Å². The number of aromatic nitrogens is 4. The van der Waals surface area contributed by atoms with Crippen LogP contribution in [0.2, 0.25) is 0 Å². The molecule has 0 bridgehead atoms. The topological polar surface area (TPSA) is 122 Å². The maximum atomic E-state index is 11.1. The number of benzene rings is 1. The van der Waals surface area contributed by atoms with Gasteiger partial charge in [0.15, 0.2) is 0 Å². The molecule has 4 aromatic rings. The van der Waals surface area contributed by atoms with Gasteiger partial charge in [0.25, 0.3) is 0 Å². The number of pyridine rings is 1. The third-order valence-corrected chi connectivity index (χ3v) is 7.79. The number of rotatable bonds is 6. The molecule has 34 heavy (non-hydrogen) atoms. The van der Waals surface area contributed by atoms with E-state index in [4.69, 9.17) is 10.7 Å². The van der Waals surface area contributed by atoms with E-state index in [1.54, 1.807) is 0 Å². The molecule has 0 aliphatic heterocycles. The standard InChI is InChI=1S/C26H30N6O2/c1-14(2)30-20-6-5-16-4-3-15(11-19(16)31-20)7-9-26-12-18(26)21(22(33)23(26)34)32-10-8-17-24(27)28-13-29-25(17)32/h3-6,8,10-11,13-14,18,21-23,33-34H,7,9,12H2,1-2H3,(H,30,31)(H2,27,28,29)/t18-,21-,22+,23+,26-/m1/s1. The van der Waals surface area contributed by atoms with Crippen LogP contribution in [-0.2, 0) is 6.42 Å². The first kappa shape index (κ1) is 21.3.